The number of carbonyl (C=O) groups excluding carboxylic acids is 1. The Morgan fingerprint density at radius 3 is 2.70 bits per heavy atom. The van der Waals surface area contributed by atoms with E-state index in [1.54, 1.807) is 6.07 Å². The molecule has 2 aromatic heterocycles. The maximum absolute atomic E-state index is 12.0. The van der Waals surface area contributed by atoms with Crippen molar-refractivity contribution in [2.24, 2.45) is 0 Å². The molecule has 0 aromatic carbocycles. The first-order valence-electron chi connectivity index (χ1n) is 5.28. The number of nitriles is 1. The summed E-state index contributed by atoms with van der Waals surface area (Å²) < 4.78 is 26.3. The quantitative estimate of drug-likeness (QED) is 0.854. The van der Waals surface area contributed by atoms with Crippen LogP contribution in [-0.2, 0) is 10.0 Å². The van der Waals surface area contributed by atoms with Crippen molar-refractivity contribution in [1.82, 2.24) is 9.97 Å². The zero-order valence-corrected chi connectivity index (χ0v) is 11.8. The summed E-state index contributed by atoms with van der Waals surface area (Å²) in [6.45, 7) is 1.35. The van der Waals surface area contributed by atoms with Crippen molar-refractivity contribution in [3.63, 3.8) is 0 Å². The molecule has 2 aromatic rings. The van der Waals surface area contributed by atoms with Crippen LogP contribution in [0.25, 0.3) is 0 Å². The Balaban J connectivity index is 2.25. The summed E-state index contributed by atoms with van der Waals surface area (Å²) in [5.74, 6) is -0.244. The molecule has 2 rings (SSSR count). The number of nitrogens with one attached hydrogen (secondary N) is 1. The molecule has 2 heterocycles. The van der Waals surface area contributed by atoms with Crippen LogP contribution in [0.1, 0.15) is 23.1 Å². The van der Waals surface area contributed by atoms with Gasteiger partial charge in [-0.05, 0) is 12.1 Å². The van der Waals surface area contributed by atoms with Crippen LogP contribution in [0.2, 0.25) is 0 Å². The Labute approximate surface area is 119 Å². The van der Waals surface area contributed by atoms with E-state index in [4.69, 9.17) is 5.26 Å². The summed E-state index contributed by atoms with van der Waals surface area (Å²) in [4.78, 5) is 18.6. The molecule has 0 spiro atoms. The van der Waals surface area contributed by atoms with Gasteiger partial charge >= 0.3 is 0 Å². The van der Waals surface area contributed by atoms with E-state index in [2.05, 4.69) is 14.7 Å². The van der Waals surface area contributed by atoms with Gasteiger partial charge in [-0.3, -0.25) is 9.52 Å². The molecule has 102 valence electrons. The average molecular weight is 308 g/mol. The standard InChI is InChI=1S/C11H8N4O3S2/c1-7(16)10-6-19-11(14-10)15-20(17,18)9-3-2-8(4-12)13-5-9/h2-3,5-6H,1H3,(H,14,15). The minimum Gasteiger partial charge on any atom is -0.293 e. The second kappa shape index (κ2) is 5.36. The smallest absolute Gasteiger partial charge is 0.265 e. The number of hydrogen-bond acceptors (Lipinski definition) is 7. The van der Waals surface area contributed by atoms with Crippen LogP contribution in [0.3, 0.4) is 0 Å². The number of sulfonamides is 1. The zero-order valence-electron chi connectivity index (χ0n) is 10.2. The third kappa shape index (κ3) is 2.98. The second-order valence-electron chi connectivity index (χ2n) is 3.69. The van der Waals surface area contributed by atoms with E-state index in [-0.39, 0.29) is 27.2 Å². The molecule has 7 nitrogen and oxygen atoms in total. The first kappa shape index (κ1) is 14.1. The predicted octanol–water partition coefficient (Wildman–Crippen LogP) is 1.41. The Bertz CT molecular complexity index is 788. The highest BCUT2D eigenvalue weighted by atomic mass is 32.2. The summed E-state index contributed by atoms with van der Waals surface area (Å²) in [5, 5.41) is 10.2. The Morgan fingerprint density at radius 1 is 1.45 bits per heavy atom. The summed E-state index contributed by atoms with van der Waals surface area (Å²) in [6.07, 6.45) is 1.08. The number of hydrogen-bond donors (Lipinski definition) is 1. The van der Waals surface area contributed by atoms with E-state index in [9.17, 15) is 13.2 Å². The molecule has 0 amide bonds. The number of anilines is 1. The van der Waals surface area contributed by atoms with Crippen LogP contribution in [0.5, 0.6) is 0 Å². The molecule has 0 saturated heterocycles. The summed E-state index contributed by atoms with van der Waals surface area (Å²) >= 11 is 1.01. The van der Waals surface area contributed by atoms with Gasteiger partial charge in [0.25, 0.3) is 10.0 Å². The second-order valence-corrected chi connectivity index (χ2v) is 6.23. The van der Waals surface area contributed by atoms with Crippen LogP contribution in [-0.4, -0.2) is 24.2 Å². The van der Waals surface area contributed by atoms with Crippen molar-refractivity contribution in [3.05, 3.63) is 35.1 Å². The van der Waals surface area contributed by atoms with E-state index in [1.165, 1.54) is 24.4 Å². The predicted molar refractivity (Wildman–Crippen MR) is 71.9 cm³/mol. The Hall–Kier alpha value is -2.31. The number of thiazole rings is 1. The van der Waals surface area contributed by atoms with Gasteiger partial charge in [0.05, 0.1) is 0 Å². The summed E-state index contributed by atoms with van der Waals surface area (Å²) in [7, 11) is -3.84. The van der Waals surface area contributed by atoms with Gasteiger partial charge in [0, 0.05) is 18.5 Å². The number of pyridine rings is 1. The van der Waals surface area contributed by atoms with Crippen LogP contribution >= 0.6 is 11.3 Å². The topological polar surface area (TPSA) is 113 Å². The fraction of sp³-hybridized carbons (Fsp3) is 0.0909. The van der Waals surface area contributed by atoms with Crippen LogP contribution in [0.4, 0.5) is 5.13 Å². The van der Waals surface area contributed by atoms with E-state index >= 15 is 0 Å². The molecule has 0 aliphatic heterocycles. The largest absolute Gasteiger partial charge is 0.293 e. The maximum Gasteiger partial charge on any atom is 0.265 e. The van der Waals surface area contributed by atoms with Crippen molar-refractivity contribution in [2.75, 3.05) is 4.72 Å². The third-order valence-electron chi connectivity index (χ3n) is 2.25. The third-order valence-corrected chi connectivity index (χ3v) is 4.46. The summed E-state index contributed by atoms with van der Waals surface area (Å²) in [6, 6.07) is 4.37. The van der Waals surface area contributed by atoms with Crippen molar-refractivity contribution >= 4 is 32.3 Å². The van der Waals surface area contributed by atoms with E-state index in [1.807, 2.05) is 0 Å². The van der Waals surface area contributed by atoms with Gasteiger partial charge in [-0.2, -0.15) is 5.26 Å². The molecule has 0 fully saturated rings. The van der Waals surface area contributed by atoms with Crippen LogP contribution < -0.4 is 4.72 Å². The fourth-order valence-corrected chi connectivity index (χ4v) is 3.21. The molecule has 1 N–H and O–H groups in total. The number of rotatable bonds is 4. The number of aromatic nitrogens is 2. The molecule has 0 atom stereocenters. The number of nitrogens with zero attached hydrogens (tertiary/aromatic N) is 3. The minimum absolute atomic E-state index is 0.0870. The number of Topliss-reactive ketones (excluding diaryl/α,β-unsaturated/α-hetero) is 1. The molecule has 0 radical (unpaired) electrons. The average Bonchev–Trinajstić information content (AvgIpc) is 2.87. The fourth-order valence-electron chi connectivity index (χ4n) is 1.26. The summed E-state index contributed by atoms with van der Waals surface area (Å²) in [5.41, 5.74) is 0.322. The highest BCUT2D eigenvalue weighted by molar-refractivity contribution is 7.93. The maximum atomic E-state index is 12.0. The van der Waals surface area contributed by atoms with Gasteiger partial charge in [-0.1, -0.05) is 0 Å². The van der Waals surface area contributed by atoms with Gasteiger partial charge in [0.1, 0.15) is 22.4 Å². The van der Waals surface area contributed by atoms with Crippen molar-refractivity contribution in [2.45, 2.75) is 11.8 Å². The SMILES string of the molecule is CC(=O)c1csc(NS(=O)(=O)c2ccc(C#N)nc2)n1. The monoisotopic (exact) mass is 308 g/mol. The first-order valence-corrected chi connectivity index (χ1v) is 7.64. The van der Waals surface area contributed by atoms with Gasteiger partial charge in [0.2, 0.25) is 0 Å². The molecule has 0 saturated carbocycles. The molecule has 20 heavy (non-hydrogen) atoms. The normalized spacial score (nSPS) is 10.8. The highest BCUT2D eigenvalue weighted by Gasteiger charge is 2.17. The lowest BCUT2D eigenvalue weighted by molar-refractivity contribution is 0.101. The number of ketones is 1. The lowest BCUT2D eigenvalue weighted by Crippen LogP contribution is -2.13. The van der Waals surface area contributed by atoms with E-state index in [0.29, 0.717) is 0 Å². The lowest BCUT2D eigenvalue weighted by Gasteiger charge is -2.04. The van der Waals surface area contributed by atoms with Crippen molar-refractivity contribution in [3.8, 4) is 6.07 Å². The molecule has 0 aliphatic carbocycles. The highest BCUT2D eigenvalue weighted by Crippen LogP contribution is 2.20. The molecule has 0 aliphatic rings. The number of carbonyl (C=O) groups is 1. The zero-order chi connectivity index (χ0) is 14.8. The molecule has 0 unspecified atom stereocenters. The van der Waals surface area contributed by atoms with Crippen molar-refractivity contribution in [1.29, 1.82) is 5.26 Å². The molecular weight excluding hydrogens is 300 g/mol. The van der Waals surface area contributed by atoms with Gasteiger partial charge in [-0.15, -0.1) is 11.3 Å². The molecule has 9 heteroatoms. The van der Waals surface area contributed by atoms with Crippen LogP contribution in [0.15, 0.2) is 28.6 Å². The van der Waals surface area contributed by atoms with Gasteiger partial charge in [-0.25, -0.2) is 18.4 Å². The molecular formula is C11H8N4O3S2. The Morgan fingerprint density at radius 2 is 2.20 bits per heavy atom. The minimum atomic E-state index is -3.84. The van der Waals surface area contributed by atoms with E-state index in [0.717, 1.165) is 17.5 Å². The van der Waals surface area contributed by atoms with Crippen molar-refractivity contribution < 1.29 is 13.2 Å². The molecule has 0 bridgehead atoms. The van der Waals surface area contributed by atoms with E-state index < -0.39 is 10.0 Å². The van der Waals surface area contributed by atoms with Crippen LogP contribution in [0, 0.1) is 11.3 Å². The Kier molecular flexibility index (Phi) is 3.78. The van der Waals surface area contributed by atoms with Gasteiger partial charge < -0.3 is 0 Å². The first-order chi connectivity index (χ1) is 9.42. The van der Waals surface area contributed by atoms with Gasteiger partial charge in [0.15, 0.2) is 10.9 Å². The lowest BCUT2D eigenvalue weighted by atomic mass is 10.4.